The molecule has 0 radical (unpaired) electrons. The SMILES string of the molecule is C#CCCC1(C(CC#C)O[Si](C)(C)C)CC(C)(C)C=C1O[Si](C)(C)C. The van der Waals surface area contributed by atoms with E-state index in [1.54, 1.807) is 0 Å². The molecule has 0 fully saturated rings. The fourth-order valence-electron chi connectivity index (χ4n) is 3.73. The third-order valence-corrected chi connectivity index (χ3v) is 6.15. The molecule has 0 saturated carbocycles. The Balaban J connectivity index is 3.42. The summed E-state index contributed by atoms with van der Waals surface area (Å²) in [5.41, 5.74) is -0.165. The van der Waals surface area contributed by atoms with Gasteiger partial charge in [0.2, 0.25) is 8.32 Å². The molecule has 0 aromatic carbocycles. The molecule has 1 aliphatic rings. The van der Waals surface area contributed by atoms with Crippen molar-refractivity contribution in [3.05, 3.63) is 11.8 Å². The Bertz CT molecular complexity index is 579. The van der Waals surface area contributed by atoms with Crippen LogP contribution in [0.4, 0.5) is 0 Å². The summed E-state index contributed by atoms with van der Waals surface area (Å²) < 4.78 is 13.2. The van der Waals surface area contributed by atoms with Gasteiger partial charge in [-0.25, -0.2) is 0 Å². The first kappa shape index (κ1) is 22.1. The summed E-state index contributed by atoms with van der Waals surface area (Å²) in [6.07, 6.45) is 16.8. The second kappa shape index (κ2) is 7.74. The van der Waals surface area contributed by atoms with Gasteiger partial charge in [0.05, 0.1) is 17.3 Å². The fraction of sp³-hybridized carbons (Fsp3) is 0.714. The summed E-state index contributed by atoms with van der Waals surface area (Å²) in [4.78, 5) is 0. The predicted molar refractivity (Wildman–Crippen MR) is 113 cm³/mol. The second-order valence-corrected chi connectivity index (χ2v) is 18.8. The average Bonchev–Trinajstić information content (AvgIpc) is 2.64. The Morgan fingerprint density at radius 2 is 1.68 bits per heavy atom. The van der Waals surface area contributed by atoms with E-state index >= 15 is 0 Å². The molecule has 0 N–H and O–H groups in total. The zero-order valence-corrected chi connectivity index (χ0v) is 19.5. The maximum absolute atomic E-state index is 6.62. The number of hydrogen-bond donors (Lipinski definition) is 0. The standard InChI is InChI=1S/C21H36O2Si2/c1-11-13-15-21(18(14-12-2)22-24(5,6)7)17-20(3,4)16-19(21)23-25(8,9)10/h1-2,16,18H,13-15,17H2,3-10H3. The third kappa shape index (κ3) is 6.37. The van der Waals surface area contributed by atoms with Gasteiger partial charge in [0, 0.05) is 12.8 Å². The minimum Gasteiger partial charge on any atom is -0.547 e. The summed E-state index contributed by atoms with van der Waals surface area (Å²) in [6.45, 7) is 17.8. The molecule has 0 bridgehead atoms. The van der Waals surface area contributed by atoms with Crippen molar-refractivity contribution in [2.24, 2.45) is 10.8 Å². The van der Waals surface area contributed by atoms with Gasteiger partial charge < -0.3 is 8.85 Å². The smallest absolute Gasteiger partial charge is 0.241 e. The fourth-order valence-corrected chi connectivity index (χ4v) is 5.82. The number of terminal acetylenes is 2. The van der Waals surface area contributed by atoms with E-state index in [9.17, 15) is 0 Å². The molecule has 0 aromatic heterocycles. The van der Waals surface area contributed by atoms with Crippen LogP contribution in [0.5, 0.6) is 0 Å². The van der Waals surface area contributed by atoms with Crippen LogP contribution in [0.3, 0.4) is 0 Å². The van der Waals surface area contributed by atoms with E-state index in [0.29, 0.717) is 12.8 Å². The van der Waals surface area contributed by atoms with Crippen LogP contribution in [0, 0.1) is 35.5 Å². The Kier molecular flexibility index (Phi) is 6.84. The molecule has 25 heavy (non-hydrogen) atoms. The van der Waals surface area contributed by atoms with Crippen LogP contribution in [0.1, 0.15) is 39.5 Å². The average molecular weight is 377 g/mol. The van der Waals surface area contributed by atoms with Crippen molar-refractivity contribution in [2.75, 3.05) is 0 Å². The first-order valence-corrected chi connectivity index (χ1v) is 16.0. The second-order valence-electron chi connectivity index (χ2n) is 9.88. The molecule has 0 spiro atoms. The van der Waals surface area contributed by atoms with Crippen LogP contribution >= 0.6 is 0 Å². The van der Waals surface area contributed by atoms with Crippen molar-refractivity contribution in [3.63, 3.8) is 0 Å². The molecule has 0 heterocycles. The van der Waals surface area contributed by atoms with E-state index < -0.39 is 16.6 Å². The van der Waals surface area contributed by atoms with Gasteiger partial charge in [-0.1, -0.05) is 13.8 Å². The molecule has 1 aliphatic carbocycles. The first-order chi connectivity index (χ1) is 11.2. The van der Waals surface area contributed by atoms with E-state index in [1.807, 2.05) is 0 Å². The molecular formula is C21H36O2Si2. The molecule has 2 unspecified atom stereocenters. The number of hydrogen-bond acceptors (Lipinski definition) is 2. The van der Waals surface area contributed by atoms with E-state index in [4.69, 9.17) is 21.7 Å². The molecule has 0 aliphatic heterocycles. The Hall–Kier alpha value is -0.946. The Labute approximate surface area is 158 Å². The van der Waals surface area contributed by atoms with Crippen molar-refractivity contribution in [3.8, 4) is 24.7 Å². The summed E-state index contributed by atoms with van der Waals surface area (Å²) >= 11 is 0. The lowest BCUT2D eigenvalue weighted by Crippen LogP contribution is -2.46. The van der Waals surface area contributed by atoms with Crippen LogP contribution in [-0.2, 0) is 8.85 Å². The predicted octanol–water partition coefficient (Wildman–Crippen LogP) is 5.79. The lowest BCUT2D eigenvalue weighted by Gasteiger charge is -2.44. The first-order valence-electron chi connectivity index (χ1n) is 9.22. The van der Waals surface area contributed by atoms with E-state index in [0.717, 1.165) is 18.6 Å². The van der Waals surface area contributed by atoms with Gasteiger partial charge in [-0.3, -0.25) is 0 Å². The van der Waals surface area contributed by atoms with E-state index in [2.05, 4.69) is 71.0 Å². The van der Waals surface area contributed by atoms with Crippen molar-refractivity contribution < 1.29 is 8.85 Å². The summed E-state index contributed by atoms with van der Waals surface area (Å²) in [7, 11) is -3.52. The lowest BCUT2D eigenvalue weighted by atomic mass is 9.71. The van der Waals surface area contributed by atoms with E-state index in [1.165, 1.54) is 0 Å². The number of allylic oxidation sites excluding steroid dienone is 1. The van der Waals surface area contributed by atoms with Crippen molar-refractivity contribution in [1.82, 2.24) is 0 Å². The molecule has 4 heteroatoms. The highest BCUT2D eigenvalue weighted by Gasteiger charge is 2.52. The summed E-state index contributed by atoms with van der Waals surface area (Å²) in [5, 5.41) is 0. The third-order valence-electron chi connectivity index (χ3n) is 4.33. The highest BCUT2D eigenvalue weighted by atomic mass is 28.4. The highest BCUT2D eigenvalue weighted by Crippen LogP contribution is 2.55. The van der Waals surface area contributed by atoms with Crippen LogP contribution in [0.25, 0.3) is 0 Å². The van der Waals surface area contributed by atoms with Gasteiger partial charge in [-0.15, -0.1) is 24.7 Å². The zero-order chi connectivity index (χ0) is 19.5. The van der Waals surface area contributed by atoms with Gasteiger partial charge in [0.25, 0.3) is 0 Å². The van der Waals surface area contributed by atoms with Crippen LogP contribution in [-0.4, -0.2) is 22.7 Å². The van der Waals surface area contributed by atoms with Crippen molar-refractivity contribution in [2.45, 2.75) is 84.9 Å². The topological polar surface area (TPSA) is 18.5 Å². The molecule has 0 saturated heterocycles. The minimum atomic E-state index is -1.76. The Morgan fingerprint density at radius 1 is 1.08 bits per heavy atom. The van der Waals surface area contributed by atoms with Crippen LogP contribution in [0.15, 0.2) is 11.8 Å². The molecule has 2 atom stereocenters. The van der Waals surface area contributed by atoms with Crippen LogP contribution < -0.4 is 0 Å². The molecular weight excluding hydrogens is 340 g/mol. The Morgan fingerprint density at radius 3 is 2.12 bits per heavy atom. The zero-order valence-electron chi connectivity index (χ0n) is 17.5. The highest BCUT2D eigenvalue weighted by molar-refractivity contribution is 6.70. The van der Waals surface area contributed by atoms with Gasteiger partial charge in [-0.2, -0.15) is 0 Å². The summed E-state index contributed by atoms with van der Waals surface area (Å²) in [5.74, 6) is 6.75. The van der Waals surface area contributed by atoms with Crippen molar-refractivity contribution >= 4 is 16.6 Å². The monoisotopic (exact) mass is 376 g/mol. The van der Waals surface area contributed by atoms with Gasteiger partial charge in [0.15, 0.2) is 8.32 Å². The molecule has 0 aromatic rings. The maximum Gasteiger partial charge on any atom is 0.241 e. The summed E-state index contributed by atoms with van der Waals surface area (Å²) in [6, 6.07) is 0. The maximum atomic E-state index is 6.62. The van der Waals surface area contributed by atoms with Crippen LogP contribution in [0.2, 0.25) is 39.3 Å². The minimum absolute atomic E-state index is 0.0399. The van der Waals surface area contributed by atoms with Crippen molar-refractivity contribution in [1.29, 1.82) is 0 Å². The van der Waals surface area contributed by atoms with E-state index in [-0.39, 0.29) is 16.9 Å². The van der Waals surface area contributed by atoms with Gasteiger partial charge in [0.1, 0.15) is 0 Å². The molecule has 1 rings (SSSR count). The normalized spacial score (nSPS) is 24.2. The lowest BCUT2D eigenvalue weighted by molar-refractivity contribution is 0.0270. The molecule has 0 amide bonds. The quantitative estimate of drug-likeness (QED) is 0.394. The van der Waals surface area contributed by atoms with Gasteiger partial charge in [-0.05, 0) is 63.6 Å². The largest absolute Gasteiger partial charge is 0.547 e. The molecule has 2 nitrogen and oxygen atoms in total. The van der Waals surface area contributed by atoms with Gasteiger partial charge >= 0.3 is 0 Å². The molecule has 140 valence electrons. The number of rotatable bonds is 8.